The van der Waals surface area contributed by atoms with Gasteiger partial charge in [0, 0.05) is 19.1 Å². The smallest absolute Gasteiger partial charge is 0.239 e. The van der Waals surface area contributed by atoms with Gasteiger partial charge in [-0.05, 0) is 31.6 Å². The highest BCUT2D eigenvalue weighted by Crippen LogP contribution is 2.37. The second-order valence-corrected chi connectivity index (χ2v) is 6.43. The van der Waals surface area contributed by atoms with E-state index in [1.54, 1.807) is 0 Å². The van der Waals surface area contributed by atoms with Gasteiger partial charge < -0.3 is 15.0 Å². The van der Waals surface area contributed by atoms with Crippen LogP contribution in [0.1, 0.15) is 40.0 Å². The van der Waals surface area contributed by atoms with E-state index in [1.807, 2.05) is 11.8 Å². The molecule has 1 saturated carbocycles. The zero-order chi connectivity index (χ0) is 13.2. The molecular formula is C14H26N2O2. The van der Waals surface area contributed by atoms with Crippen molar-refractivity contribution in [2.45, 2.75) is 52.1 Å². The van der Waals surface area contributed by atoms with E-state index in [1.165, 1.54) is 19.3 Å². The molecule has 0 aromatic heterocycles. The SMILES string of the molecule is CC(NC1CCC(C)(C)C1)C(=O)N1CCOCC1. The number of nitrogens with one attached hydrogen (secondary N) is 1. The van der Waals surface area contributed by atoms with E-state index in [0.29, 0.717) is 24.7 Å². The van der Waals surface area contributed by atoms with Gasteiger partial charge >= 0.3 is 0 Å². The first-order chi connectivity index (χ1) is 8.48. The van der Waals surface area contributed by atoms with Crippen LogP contribution < -0.4 is 5.32 Å². The van der Waals surface area contributed by atoms with Crippen molar-refractivity contribution >= 4 is 5.91 Å². The number of carbonyl (C=O) groups is 1. The molecule has 2 fully saturated rings. The van der Waals surface area contributed by atoms with Crippen molar-refractivity contribution in [1.82, 2.24) is 10.2 Å². The van der Waals surface area contributed by atoms with Crippen molar-refractivity contribution in [3.63, 3.8) is 0 Å². The predicted octanol–water partition coefficient (Wildman–Crippen LogP) is 1.40. The Morgan fingerprint density at radius 1 is 1.39 bits per heavy atom. The molecule has 1 aliphatic heterocycles. The first-order valence-corrected chi connectivity index (χ1v) is 7.10. The average molecular weight is 254 g/mol. The van der Waals surface area contributed by atoms with Gasteiger partial charge in [0.1, 0.15) is 0 Å². The van der Waals surface area contributed by atoms with Crippen molar-refractivity contribution in [1.29, 1.82) is 0 Å². The van der Waals surface area contributed by atoms with Gasteiger partial charge in [0.2, 0.25) is 5.91 Å². The minimum absolute atomic E-state index is 0.0676. The number of morpholine rings is 1. The van der Waals surface area contributed by atoms with Crippen molar-refractivity contribution in [2.24, 2.45) is 5.41 Å². The lowest BCUT2D eigenvalue weighted by Gasteiger charge is -2.30. The molecule has 1 N–H and O–H groups in total. The second-order valence-electron chi connectivity index (χ2n) is 6.43. The van der Waals surface area contributed by atoms with Crippen LogP contribution in [-0.2, 0) is 9.53 Å². The first kappa shape index (κ1) is 13.8. The second kappa shape index (κ2) is 5.57. The van der Waals surface area contributed by atoms with Crippen molar-refractivity contribution < 1.29 is 9.53 Å². The highest BCUT2D eigenvalue weighted by atomic mass is 16.5. The standard InChI is InChI=1S/C14H26N2O2/c1-11(13(17)16-6-8-18-9-7-16)15-12-4-5-14(2,3)10-12/h11-12,15H,4-10H2,1-3H3. The summed E-state index contributed by atoms with van der Waals surface area (Å²) in [5.41, 5.74) is 0.430. The molecule has 0 bridgehead atoms. The Balaban J connectivity index is 1.80. The van der Waals surface area contributed by atoms with Gasteiger partial charge in [-0.25, -0.2) is 0 Å². The normalized spacial score (nSPS) is 29.3. The van der Waals surface area contributed by atoms with Gasteiger partial charge in [-0.15, -0.1) is 0 Å². The lowest BCUT2D eigenvalue weighted by molar-refractivity contribution is -0.137. The first-order valence-electron chi connectivity index (χ1n) is 7.10. The van der Waals surface area contributed by atoms with Crippen molar-refractivity contribution in [3.8, 4) is 0 Å². The molecule has 104 valence electrons. The molecule has 0 spiro atoms. The third-order valence-electron chi connectivity index (χ3n) is 4.15. The number of nitrogens with zero attached hydrogens (tertiary/aromatic N) is 1. The van der Waals surface area contributed by atoms with E-state index in [-0.39, 0.29) is 11.9 Å². The summed E-state index contributed by atoms with van der Waals surface area (Å²) in [7, 11) is 0. The van der Waals surface area contributed by atoms with Crippen LogP contribution in [0.5, 0.6) is 0 Å². The van der Waals surface area contributed by atoms with Gasteiger partial charge in [0.15, 0.2) is 0 Å². The van der Waals surface area contributed by atoms with Crippen molar-refractivity contribution in [3.05, 3.63) is 0 Å². The summed E-state index contributed by atoms with van der Waals surface area (Å²) in [6.07, 6.45) is 3.62. The number of ether oxygens (including phenoxy) is 1. The lowest BCUT2D eigenvalue weighted by Crippen LogP contribution is -2.51. The lowest BCUT2D eigenvalue weighted by atomic mass is 9.92. The molecule has 1 aliphatic carbocycles. The summed E-state index contributed by atoms with van der Waals surface area (Å²) in [4.78, 5) is 14.2. The third-order valence-corrected chi connectivity index (χ3v) is 4.15. The topological polar surface area (TPSA) is 41.6 Å². The van der Waals surface area contributed by atoms with Crippen LogP contribution in [0.3, 0.4) is 0 Å². The number of rotatable bonds is 3. The Bertz CT molecular complexity index is 298. The summed E-state index contributed by atoms with van der Waals surface area (Å²) < 4.78 is 5.28. The Morgan fingerprint density at radius 2 is 2.06 bits per heavy atom. The Hall–Kier alpha value is -0.610. The zero-order valence-electron chi connectivity index (χ0n) is 11.9. The minimum atomic E-state index is -0.0676. The van der Waals surface area contributed by atoms with Gasteiger partial charge in [-0.3, -0.25) is 4.79 Å². The van der Waals surface area contributed by atoms with E-state index >= 15 is 0 Å². The summed E-state index contributed by atoms with van der Waals surface area (Å²) >= 11 is 0. The average Bonchev–Trinajstić information content (AvgIpc) is 2.68. The fraction of sp³-hybridized carbons (Fsp3) is 0.929. The Morgan fingerprint density at radius 3 is 2.61 bits per heavy atom. The molecule has 0 aromatic carbocycles. The van der Waals surface area contributed by atoms with Crippen LogP contribution in [0.25, 0.3) is 0 Å². The maximum Gasteiger partial charge on any atom is 0.239 e. The predicted molar refractivity (Wildman–Crippen MR) is 71.4 cm³/mol. The third kappa shape index (κ3) is 3.45. The fourth-order valence-electron chi connectivity index (χ4n) is 3.06. The van der Waals surface area contributed by atoms with Crippen LogP contribution in [0.15, 0.2) is 0 Å². The van der Waals surface area contributed by atoms with E-state index < -0.39 is 0 Å². The highest BCUT2D eigenvalue weighted by Gasteiger charge is 2.33. The molecule has 4 heteroatoms. The number of hydrogen-bond donors (Lipinski definition) is 1. The molecule has 2 aliphatic rings. The number of carbonyl (C=O) groups excluding carboxylic acids is 1. The molecule has 2 unspecified atom stereocenters. The molecule has 1 saturated heterocycles. The van der Waals surface area contributed by atoms with Gasteiger partial charge in [0.25, 0.3) is 0 Å². The van der Waals surface area contributed by atoms with Crippen LogP contribution in [0.4, 0.5) is 0 Å². The number of amides is 1. The maximum absolute atomic E-state index is 12.3. The molecule has 0 aromatic rings. The number of hydrogen-bond acceptors (Lipinski definition) is 3. The largest absolute Gasteiger partial charge is 0.378 e. The fourth-order valence-corrected chi connectivity index (χ4v) is 3.06. The van der Waals surface area contributed by atoms with Crippen molar-refractivity contribution in [2.75, 3.05) is 26.3 Å². The summed E-state index contributed by atoms with van der Waals surface area (Å²) in [6.45, 7) is 9.43. The summed E-state index contributed by atoms with van der Waals surface area (Å²) in [5.74, 6) is 0.225. The molecule has 2 atom stereocenters. The van der Waals surface area contributed by atoms with Crippen LogP contribution >= 0.6 is 0 Å². The van der Waals surface area contributed by atoms with Gasteiger partial charge in [-0.2, -0.15) is 0 Å². The molecule has 2 rings (SSSR count). The van der Waals surface area contributed by atoms with E-state index in [4.69, 9.17) is 4.74 Å². The molecule has 4 nitrogen and oxygen atoms in total. The van der Waals surface area contributed by atoms with Crippen LogP contribution in [0.2, 0.25) is 0 Å². The molecule has 18 heavy (non-hydrogen) atoms. The van der Waals surface area contributed by atoms with E-state index in [0.717, 1.165) is 13.1 Å². The molecule has 1 heterocycles. The van der Waals surface area contributed by atoms with E-state index in [2.05, 4.69) is 19.2 Å². The molecule has 0 radical (unpaired) electrons. The van der Waals surface area contributed by atoms with Crippen LogP contribution in [0, 0.1) is 5.41 Å². The quantitative estimate of drug-likeness (QED) is 0.828. The summed E-state index contributed by atoms with van der Waals surface area (Å²) in [6, 6.07) is 0.432. The Kier molecular flexibility index (Phi) is 4.28. The maximum atomic E-state index is 12.3. The molecular weight excluding hydrogens is 228 g/mol. The van der Waals surface area contributed by atoms with Gasteiger partial charge in [0.05, 0.1) is 19.3 Å². The van der Waals surface area contributed by atoms with Gasteiger partial charge in [-0.1, -0.05) is 13.8 Å². The Labute approximate surface area is 110 Å². The van der Waals surface area contributed by atoms with E-state index in [9.17, 15) is 4.79 Å². The molecule has 1 amide bonds. The monoisotopic (exact) mass is 254 g/mol. The van der Waals surface area contributed by atoms with Crippen LogP contribution in [-0.4, -0.2) is 49.2 Å². The highest BCUT2D eigenvalue weighted by molar-refractivity contribution is 5.81. The zero-order valence-corrected chi connectivity index (χ0v) is 11.9. The summed E-state index contributed by atoms with van der Waals surface area (Å²) in [5, 5.41) is 3.50. The minimum Gasteiger partial charge on any atom is -0.378 e.